The van der Waals surface area contributed by atoms with E-state index in [1.54, 1.807) is 24.4 Å². The maximum absolute atomic E-state index is 13.4. The monoisotopic (exact) mass is 464 g/mol. The molecule has 0 spiro atoms. The Labute approximate surface area is 192 Å². The summed E-state index contributed by atoms with van der Waals surface area (Å²) < 4.78 is 41.2. The summed E-state index contributed by atoms with van der Waals surface area (Å²) in [5.74, 6) is -0.684. The first-order chi connectivity index (χ1) is 15.6. The molecule has 0 radical (unpaired) electrons. The first-order valence-corrected chi connectivity index (χ1v) is 12.0. The molecule has 1 heterocycles. The SMILES string of the molecule is CC(C)(C)c1cn(S(=O)(=O)c2ccc(C(=O)NCc3ccc(F)cc3)cc2)c2ccccc12. The van der Waals surface area contributed by atoms with E-state index >= 15 is 0 Å². The number of hydrogen-bond acceptors (Lipinski definition) is 3. The average molecular weight is 465 g/mol. The van der Waals surface area contributed by atoms with Gasteiger partial charge in [0.1, 0.15) is 5.82 Å². The number of carbonyl (C=O) groups is 1. The smallest absolute Gasteiger partial charge is 0.268 e. The van der Waals surface area contributed by atoms with Gasteiger partial charge in [-0.1, -0.05) is 51.1 Å². The second-order valence-electron chi connectivity index (χ2n) is 8.94. The number of para-hydroxylation sites is 1. The van der Waals surface area contributed by atoms with Crippen molar-refractivity contribution in [3.05, 3.63) is 102 Å². The highest BCUT2D eigenvalue weighted by atomic mass is 32.2. The van der Waals surface area contributed by atoms with Gasteiger partial charge in [-0.05, 0) is 59.0 Å². The molecule has 5 nitrogen and oxygen atoms in total. The molecule has 1 aromatic heterocycles. The van der Waals surface area contributed by atoms with Crippen molar-refractivity contribution in [3.8, 4) is 0 Å². The van der Waals surface area contributed by atoms with Crippen molar-refractivity contribution in [2.45, 2.75) is 37.6 Å². The Balaban J connectivity index is 1.60. The zero-order chi connectivity index (χ0) is 23.8. The van der Waals surface area contributed by atoms with E-state index in [4.69, 9.17) is 0 Å². The van der Waals surface area contributed by atoms with E-state index in [2.05, 4.69) is 5.32 Å². The largest absolute Gasteiger partial charge is 0.348 e. The van der Waals surface area contributed by atoms with Gasteiger partial charge in [-0.2, -0.15) is 0 Å². The number of nitrogens with one attached hydrogen (secondary N) is 1. The van der Waals surface area contributed by atoms with Crippen LogP contribution in [-0.2, 0) is 22.0 Å². The Morgan fingerprint density at radius 1 is 0.939 bits per heavy atom. The average Bonchev–Trinajstić information content (AvgIpc) is 3.20. The van der Waals surface area contributed by atoms with Crippen LogP contribution in [0, 0.1) is 5.82 Å². The number of benzene rings is 3. The van der Waals surface area contributed by atoms with Gasteiger partial charge in [0, 0.05) is 23.7 Å². The molecule has 4 aromatic rings. The predicted molar refractivity (Wildman–Crippen MR) is 127 cm³/mol. The topological polar surface area (TPSA) is 68.2 Å². The molecule has 170 valence electrons. The highest BCUT2D eigenvalue weighted by molar-refractivity contribution is 7.90. The minimum atomic E-state index is -3.86. The van der Waals surface area contributed by atoms with E-state index in [9.17, 15) is 17.6 Å². The molecule has 0 unspecified atom stereocenters. The maximum Gasteiger partial charge on any atom is 0.268 e. The Hall–Kier alpha value is -3.45. The van der Waals surface area contributed by atoms with Gasteiger partial charge in [0.2, 0.25) is 0 Å². The van der Waals surface area contributed by atoms with Crippen molar-refractivity contribution >= 4 is 26.8 Å². The van der Waals surface area contributed by atoms with Gasteiger partial charge in [-0.25, -0.2) is 16.8 Å². The number of carbonyl (C=O) groups excluding carboxylic acids is 1. The predicted octanol–water partition coefficient (Wildman–Crippen LogP) is 5.24. The van der Waals surface area contributed by atoms with Gasteiger partial charge < -0.3 is 5.32 Å². The van der Waals surface area contributed by atoms with Crippen LogP contribution in [0.25, 0.3) is 10.9 Å². The standard InChI is InChI=1S/C26H25FN2O3S/c1-26(2,3)23-17-29(24-7-5-4-6-22(23)24)33(31,32)21-14-10-19(11-15-21)25(30)28-16-18-8-12-20(27)13-9-18/h4-15,17H,16H2,1-3H3,(H,28,30). The first-order valence-electron chi connectivity index (χ1n) is 10.6. The summed E-state index contributed by atoms with van der Waals surface area (Å²) >= 11 is 0. The van der Waals surface area contributed by atoms with Gasteiger partial charge in [-0.15, -0.1) is 0 Å². The van der Waals surface area contributed by atoms with Crippen molar-refractivity contribution in [1.29, 1.82) is 0 Å². The highest BCUT2D eigenvalue weighted by Gasteiger charge is 2.26. The minimum Gasteiger partial charge on any atom is -0.348 e. The van der Waals surface area contributed by atoms with E-state index in [1.165, 1.54) is 40.4 Å². The van der Waals surface area contributed by atoms with Crippen molar-refractivity contribution in [2.75, 3.05) is 0 Å². The summed E-state index contributed by atoms with van der Waals surface area (Å²) in [6.45, 7) is 6.38. The summed E-state index contributed by atoms with van der Waals surface area (Å²) in [6, 6.07) is 19.1. The quantitative estimate of drug-likeness (QED) is 0.439. The van der Waals surface area contributed by atoms with Crippen molar-refractivity contribution in [3.63, 3.8) is 0 Å². The van der Waals surface area contributed by atoms with Gasteiger partial charge in [0.05, 0.1) is 10.4 Å². The number of halogens is 1. The molecule has 7 heteroatoms. The van der Waals surface area contributed by atoms with Gasteiger partial charge in [0.15, 0.2) is 0 Å². The first kappa shape index (κ1) is 22.7. The molecule has 33 heavy (non-hydrogen) atoms. The number of nitrogens with zero attached hydrogens (tertiary/aromatic N) is 1. The zero-order valence-corrected chi connectivity index (χ0v) is 19.5. The molecular formula is C26H25FN2O3S. The molecule has 0 atom stereocenters. The van der Waals surface area contributed by atoms with E-state index in [1.807, 2.05) is 39.0 Å². The van der Waals surface area contributed by atoms with Crippen LogP contribution in [-0.4, -0.2) is 18.3 Å². The van der Waals surface area contributed by atoms with Crippen LogP contribution >= 0.6 is 0 Å². The molecule has 0 saturated carbocycles. The fourth-order valence-electron chi connectivity index (χ4n) is 3.72. The van der Waals surface area contributed by atoms with Crippen molar-refractivity contribution in [1.82, 2.24) is 9.29 Å². The van der Waals surface area contributed by atoms with Crippen LogP contribution in [0.4, 0.5) is 4.39 Å². The summed E-state index contributed by atoms with van der Waals surface area (Å²) in [4.78, 5) is 12.6. The van der Waals surface area contributed by atoms with E-state index in [0.717, 1.165) is 16.5 Å². The Bertz CT molecular complexity index is 1420. The molecule has 0 fully saturated rings. The summed E-state index contributed by atoms with van der Waals surface area (Å²) in [6.07, 6.45) is 1.68. The van der Waals surface area contributed by atoms with Crippen LogP contribution in [0.3, 0.4) is 0 Å². The highest BCUT2D eigenvalue weighted by Crippen LogP contribution is 2.33. The lowest BCUT2D eigenvalue weighted by atomic mass is 9.87. The van der Waals surface area contributed by atoms with Crippen LogP contribution < -0.4 is 5.32 Å². The number of amides is 1. The van der Waals surface area contributed by atoms with Crippen molar-refractivity contribution < 1.29 is 17.6 Å². The molecule has 0 saturated heterocycles. The molecule has 0 aliphatic carbocycles. The molecule has 1 N–H and O–H groups in total. The Kier molecular flexibility index (Phi) is 5.84. The van der Waals surface area contributed by atoms with Gasteiger partial charge in [0.25, 0.3) is 15.9 Å². The fraction of sp³-hybridized carbons (Fsp3) is 0.192. The van der Waals surface area contributed by atoms with Gasteiger partial charge >= 0.3 is 0 Å². The lowest BCUT2D eigenvalue weighted by molar-refractivity contribution is 0.0951. The van der Waals surface area contributed by atoms with Crippen molar-refractivity contribution in [2.24, 2.45) is 0 Å². The second kappa shape index (κ2) is 8.48. The molecule has 0 aliphatic heterocycles. The summed E-state index contributed by atoms with van der Waals surface area (Å²) in [7, 11) is -3.86. The van der Waals surface area contributed by atoms with E-state index in [-0.39, 0.29) is 28.6 Å². The Morgan fingerprint density at radius 2 is 1.58 bits per heavy atom. The molecular weight excluding hydrogens is 439 g/mol. The van der Waals surface area contributed by atoms with Crippen LogP contribution in [0.5, 0.6) is 0 Å². The number of rotatable bonds is 5. The lowest BCUT2D eigenvalue weighted by Crippen LogP contribution is -2.23. The fourth-order valence-corrected chi connectivity index (χ4v) is 5.09. The third kappa shape index (κ3) is 4.54. The Morgan fingerprint density at radius 3 is 2.21 bits per heavy atom. The minimum absolute atomic E-state index is 0.0961. The molecule has 3 aromatic carbocycles. The molecule has 0 bridgehead atoms. The van der Waals surface area contributed by atoms with Crippen LogP contribution in [0.15, 0.2) is 83.9 Å². The summed E-state index contributed by atoms with van der Waals surface area (Å²) in [5.41, 5.74) is 2.43. The second-order valence-corrected chi connectivity index (χ2v) is 10.8. The molecule has 0 aliphatic rings. The van der Waals surface area contributed by atoms with Crippen LogP contribution in [0.1, 0.15) is 42.3 Å². The maximum atomic E-state index is 13.4. The third-order valence-electron chi connectivity index (χ3n) is 5.53. The lowest BCUT2D eigenvalue weighted by Gasteiger charge is -2.17. The third-order valence-corrected chi connectivity index (χ3v) is 7.21. The zero-order valence-electron chi connectivity index (χ0n) is 18.7. The normalized spacial score (nSPS) is 12.1. The van der Waals surface area contributed by atoms with Crippen LogP contribution in [0.2, 0.25) is 0 Å². The molecule has 4 rings (SSSR count). The van der Waals surface area contributed by atoms with E-state index < -0.39 is 10.0 Å². The number of hydrogen-bond donors (Lipinski definition) is 1. The number of fused-ring (bicyclic) bond motifs is 1. The van der Waals surface area contributed by atoms with E-state index in [0.29, 0.717) is 11.1 Å². The summed E-state index contributed by atoms with van der Waals surface area (Å²) in [5, 5.41) is 3.65. The molecule has 1 amide bonds. The van der Waals surface area contributed by atoms with Gasteiger partial charge in [-0.3, -0.25) is 4.79 Å². The number of aromatic nitrogens is 1.